The number of carbonyl (C=O) groups excluding carboxylic acids is 2. The molecule has 0 N–H and O–H groups in total. The topological polar surface area (TPSA) is 57.2 Å². The van der Waals surface area contributed by atoms with Crippen LogP contribution in [0.1, 0.15) is 27.2 Å². The van der Waals surface area contributed by atoms with Crippen LogP contribution in [0.2, 0.25) is 0 Å². The largest absolute Gasteiger partial charge is 0.549 e. The van der Waals surface area contributed by atoms with Gasteiger partial charge in [0.2, 0.25) is 0 Å². The molecule has 0 amide bonds. The summed E-state index contributed by atoms with van der Waals surface area (Å²) in [5.74, 6) is -1.73. The summed E-state index contributed by atoms with van der Waals surface area (Å²) in [5.41, 5.74) is -0.747. The van der Waals surface area contributed by atoms with Crippen molar-refractivity contribution in [1.82, 2.24) is 0 Å². The van der Waals surface area contributed by atoms with E-state index in [0.29, 0.717) is 5.57 Å². The second kappa shape index (κ2) is 3.52. The number of carboxylic acid groups (broad SMARTS) is 1. The smallest absolute Gasteiger partial charge is 0.141 e. The zero-order valence-corrected chi connectivity index (χ0v) is 7.64. The van der Waals surface area contributed by atoms with Crippen LogP contribution in [0.4, 0.5) is 0 Å². The first-order chi connectivity index (χ1) is 5.30. The Morgan fingerprint density at radius 1 is 1.42 bits per heavy atom. The maximum atomic E-state index is 11.0. The lowest BCUT2D eigenvalue weighted by Crippen LogP contribution is -2.45. The Morgan fingerprint density at radius 2 is 1.83 bits per heavy atom. The van der Waals surface area contributed by atoms with Crippen molar-refractivity contribution in [2.45, 2.75) is 27.2 Å². The van der Waals surface area contributed by atoms with Crippen LogP contribution in [0.15, 0.2) is 12.2 Å². The number of aliphatic carboxylic acids is 1. The Labute approximate surface area is 72.1 Å². The molecule has 0 radical (unpaired) electrons. The lowest BCUT2D eigenvalue weighted by Gasteiger charge is -2.27. The molecule has 0 aromatic heterocycles. The summed E-state index contributed by atoms with van der Waals surface area (Å²) in [6.07, 6.45) is 0.144. The first kappa shape index (κ1) is 10.9. The number of Topliss-reactive ketones (excluding diaryl/α,β-unsaturated/α-hetero) is 1. The molecule has 1 unspecified atom stereocenters. The van der Waals surface area contributed by atoms with Gasteiger partial charge in [0.1, 0.15) is 5.78 Å². The van der Waals surface area contributed by atoms with Crippen LogP contribution in [0.3, 0.4) is 0 Å². The van der Waals surface area contributed by atoms with E-state index in [9.17, 15) is 14.7 Å². The van der Waals surface area contributed by atoms with E-state index in [-0.39, 0.29) is 6.42 Å². The highest BCUT2D eigenvalue weighted by molar-refractivity contribution is 6.00. The SMILES string of the molecule is C=C(C)CC(C)(C(C)=O)C(=O)[O-]. The molecule has 3 heteroatoms. The lowest BCUT2D eigenvalue weighted by molar-refractivity contribution is -0.316. The molecule has 0 aliphatic carbocycles. The van der Waals surface area contributed by atoms with E-state index in [2.05, 4.69) is 6.58 Å². The van der Waals surface area contributed by atoms with Crippen molar-refractivity contribution in [3.63, 3.8) is 0 Å². The third-order valence-corrected chi connectivity index (χ3v) is 1.88. The summed E-state index contributed by atoms with van der Waals surface area (Å²) in [4.78, 5) is 21.6. The van der Waals surface area contributed by atoms with E-state index in [1.165, 1.54) is 13.8 Å². The van der Waals surface area contributed by atoms with Crippen LogP contribution in [-0.2, 0) is 9.59 Å². The summed E-state index contributed by atoms with van der Waals surface area (Å²) in [6, 6.07) is 0. The third kappa shape index (κ3) is 2.19. The Kier molecular flexibility index (Phi) is 3.19. The Morgan fingerprint density at radius 3 is 1.92 bits per heavy atom. The first-order valence-electron chi connectivity index (χ1n) is 3.67. The van der Waals surface area contributed by atoms with Crippen LogP contribution >= 0.6 is 0 Å². The maximum Gasteiger partial charge on any atom is 0.141 e. The van der Waals surface area contributed by atoms with Gasteiger partial charge in [-0.05, 0) is 27.2 Å². The number of ketones is 1. The standard InChI is InChI=1S/C9H14O3/c1-6(2)5-9(4,7(3)10)8(11)12/h1,5H2,2-4H3,(H,11,12)/p-1. The number of carbonyl (C=O) groups is 2. The predicted octanol–water partition coefficient (Wildman–Crippen LogP) is 0.298. The minimum absolute atomic E-state index is 0.144. The van der Waals surface area contributed by atoms with Gasteiger partial charge >= 0.3 is 0 Å². The molecule has 12 heavy (non-hydrogen) atoms. The van der Waals surface area contributed by atoms with Gasteiger partial charge in [-0.2, -0.15) is 0 Å². The maximum absolute atomic E-state index is 11.0. The highest BCUT2D eigenvalue weighted by Gasteiger charge is 2.31. The van der Waals surface area contributed by atoms with Gasteiger partial charge in [-0.3, -0.25) is 4.79 Å². The van der Waals surface area contributed by atoms with Crippen molar-refractivity contribution in [2.24, 2.45) is 5.41 Å². The lowest BCUT2D eigenvalue weighted by atomic mass is 9.81. The minimum atomic E-state index is -1.41. The van der Waals surface area contributed by atoms with Gasteiger partial charge in [0, 0.05) is 0 Å². The van der Waals surface area contributed by atoms with E-state index < -0.39 is 17.2 Å². The van der Waals surface area contributed by atoms with E-state index in [1.807, 2.05) is 0 Å². The van der Waals surface area contributed by atoms with Gasteiger partial charge < -0.3 is 9.90 Å². The molecule has 0 saturated carbocycles. The summed E-state index contributed by atoms with van der Waals surface area (Å²) in [5, 5.41) is 10.6. The van der Waals surface area contributed by atoms with Crippen LogP contribution in [0, 0.1) is 5.41 Å². The van der Waals surface area contributed by atoms with Crippen molar-refractivity contribution in [3.8, 4) is 0 Å². The van der Waals surface area contributed by atoms with Crippen LogP contribution in [0.5, 0.6) is 0 Å². The summed E-state index contributed by atoms with van der Waals surface area (Å²) >= 11 is 0. The van der Waals surface area contributed by atoms with E-state index >= 15 is 0 Å². The monoisotopic (exact) mass is 169 g/mol. The molecule has 0 aliphatic heterocycles. The number of hydrogen-bond acceptors (Lipinski definition) is 3. The van der Waals surface area contributed by atoms with Crippen molar-refractivity contribution in [2.75, 3.05) is 0 Å². The Hall–Kier alpha value is -1.12. The number of carboxylic acids is 1. The van der Waals surface area contributed by atoms with Crippen LogP contribution in [-0.4, -0.2) is 11.8 Å². The molecule has 0 heterocycles. The fraction of sp³-hybridized carbons (Fsp3) is 0.556. The molecular formula is C9H13O3-. The summed E-state index contributed by atoms with van der Waals surface area (Å²) in [7, 11) is 0. The van der Waals surface area contributed by atoms with Gasteiger partial charge in [0.05, 0.1) is 11.4 Å². The third-order valence-electron chi connectivity index (χ3n) is 1.88. The molecular weight excluding hydrogens is 156 g/mol. The summed E-state index contributed by atoms with van der Waals surface area (Å²) in [6.45, 7) is 7.86. The average molecular weight is 169 g/mol. The van der Waals surface area contributed by atoms with Gasteiger partial charge in [-0.25, -0.2) is 0 Å². The number of allylic oxidation sites excluding steroid dienone is 1. The second-order valence-corrected chi connectivity index (χ2v) is 3.31. The molecule has 0 aromatic rings. The van der Waals surface area contributed by atoms with Crippen molar-refractivity contribution >= 4 is 11.8 Å². The van der Waals surface area contributed by atoms with Crippen molar-refractivity contribution in [1.29, 1.82) is 0 Å². The first-order valence-corrected chi connectivity index (χ1v) is 3.67. The van der Waals surface area contributed by atoms with E-state index in [1.54, 1.807) is 6.92 Å². The van der Waals surface area contributed by atoms with Crippen LogP contribution in [0.25, 0.3) is 0 Å². The fourth-order valence-corrected chi connectivity index (χ4v) is 0.944. The average Bonchev–Trinajstić information content (AvgIpc) is 1.84. The van der Waals surface area contributed by atoms with E-state index in [4.69, 9.17) is 0 Å². The molecule has 68 valence electrons. The molecule has 1 atom stereocenters. The summed E-state index contributed by atoms with van der Waals surface area (Å²) < 4.78 is 0. The Bertz CT molecular complexity index is 214. The highest BCUT2D eigenvalue weighted by atomic mass is 16.4. The van der Waals surface area contributed by atoms with Gasteiger partial charge in [-0.15, -0.1) is 6.58 Å². The molecule has 0 fully saturated rings. The van der Waals surface area contributed by atoms with Gasteiger partial charge in [0.25, 0.3) is 0 Å². The van der Waals surface area contributed by atoms with E-state index in [0.717, 1.165) is 0 Å². The normalized spacial score (nSPS) is 14.9. The number of rotatable bonds is 4. The van der Waals surface area contributed by atoms with Gasteiger partial charge in [-0.1, -0.05) is 5.57 Å². The fourth-order valence-electron chi connectivity index (χ4n) is 0.944. The quantitative estimate of drug-likeness (QED) is 0.449. The minimum Gasteiger partial charge on any atom is -0.549 e. The molecule has 0 saturated heterocycles. The second-order valence-electron chi connectivity index (χ2n) is 3.31. The Balaban J connectivity index is 4.75. The zero-order chi connectivity index (χ0) is 9.94. The molecule has 0 spiro atoms. The van der Waals surface area contributed by atoms with Crippen molar-refractivity contribution < 1.29 is 14.7 Å². The highest BCUT2D eigenvalue weighted by Crippen LogP contribution is 2.25. The molecule has 0 aliphatic rings. The zero-order valence-electron chi connectivity index (χ0n) is 7.64. The van der Waals surface area contributed by atoms with Crippen LogP contribution < -0.4 is 5.11 Å². The molecule has 0 aromatic carbocycles. The molecule has 0 bridgehead atoms. The van der Waals surface area contributed by atoms with Gasteiger partial charge in [0.15, 0.2) is 0 Å². The number of hydrogen-bond donors (Lipinski definition) is 0. The molecule has 3 nitrogen and oxygen atoms in total. The molecule has 0 rings (SSSR count). The predicted molar refractivity (Wildman–Crippen MR) is 43.2 cm³/mol. The van der Waals surface area contributed by atoms with Crippen molar-refractivity contribution in [3.05, 3.63) is 12.2 Å².